The van der Waals surface area contributed by atoms with Crippen LogP contribution in [0.2, 0.25) is 0 Å². The number of nitrogens with one attached hydrogen (secondary N) is 1. The first kappa shape index (κ1) is 20.4. The first-order valence-corrected chi connectivity index (χ1v) is 9.27. The lowest BCUT2D eigenvalue weighted by Crippen LogP contribution is -2.38. The van der Waals surface area contributed by atoms with Crippen molar-refractivity contribution in [1.29, 1.82) is 0 Å². The van der Waals surface area contributed by atoms with Gasteiger partial charge < -0.3 is 10.1 Å². The molecule has 0 aromatic carbocycles. The fraction of sp³-hybridized carbons (Fsp3) is 0.471. The SMILES string of the molecule is CCOC(=O)c1ncc(-c2cnc(N[C@@H](C3CC3)C(F)(F)F)cc2C(F)F)s1. The van der Waals surface area contributed by atoms with E-state index < -0.39 is 36.1 Å². The Hall–Kier alpha value is -2.30. The molecular formula is C17H16F5N3O2S. The number of carbonyl (C=O) groups is 1. The molecular weight excluding hydrogens is 405 g/mol. The van der Waals surface area contributed by atoms with Gasteiger partial charge in [-0.1, -0.05) is 0 Å². The number of anilines is 1. The molecule has 3 rings (SSSR count). The van der Waals surface area contributed by atoms with Crippen molar-refractivity contribution < 1.29 is 31.5 Å². The minimum absolute atomic E-state index is 0.00331. The van der Waals surface area contributed by atoms with Crippen LogP contribution in [0.15, 0.2) is 18.5 Å². The zero-order valence-corrected chi connectivity index (χ0v) is 15.4. The largest absolute Gasteiger partial charge is 0.461 e. The van der Waals surface area contributed by atoms with E-state index in [1.54, 1.807) is 6.92 Å². The van der Waals surface area contributed by atoms with Crippen LogP contribution >= 0.6 is 11.3 Å². The van der Waals surface area contributed by atoms with Crippen LogP contribution in [0.25, 0.3) is 10.4 Å². The summed E-state index contributed by atoms with van der Waals surface area (Å²) >= 11 is 0.845. The highest BCUT2D eigenvalue weighted by Gasteiger charge is 2.49. The van der Waals surface area contributed by atoms with E-state index in [2.05, 4.69) is 15.3 Å². The van der Waals surface area contributed by atoms with E-state index in [-0.39, 0.29) is 27.9 Å². The van der Waals surface area contributed by atoms with Gasteiger partial charge in [-0.15, -0.1) is 11.3 Å². The summed E-state index contributed by atoms with van der Waals surface area (Å²) in [5.74, 6) is -1.53. The lowest BCUT2D eigenvalue weighted by molar-refractivity contribution is -0.146. The lowest BCUT2D eigenvalue weighted by atomic mass is 10.1. The molecule has 0 bridgehead atoms. The molecule has 1 atom stereocenters. The summed E-state index contributed by atoms with van der Waals surface area (Å²) in [6.07, 6.45) is -4.30. The third-order valence-corrected chi connectivity index (χ3v) is 5.15. The van der Waals surface area contributed by atoms with Gasteiger partial charge >= 0.3 is 12.1 Å². The number of rotatable bonds is 7. The lowest BCUT2D eigenvalue weighted by Gasteiger charge is -2.22. The number of thiazole rings is 1. The van der Waals surface area contributed by atoms with Gasteiger partial charge in [-0.05, 0) is 31.7 Å². The molecule has 2 aromatic rings. The number of pyridine rings is 1. The second kappa shape index (κ2) is 7.98. The average molecular weight is 421 g/mol. The first-order chi connectivity index (χ1) is 13.2. The average Bonchev–Trinajstić information content (AvgIpc) is 3.33. The Kier molecular flexibility index (Phi) is 5.82. The molecule has 0 unspecified atom stereocenters. The van der Waals surface area contributed by atoms with E-state index >= 15 is 0 Å². The van der Waals surface area contributed by atoms with Crippen molar-refractivity contribution in [2.75, 3.05) is 11.9 Å². The maximum absolute atomic E-state index is 13.5. The van der Waals surface area contributed by atoms with Crippen LogP contribution in [-0.4, -0.2) is 34.8 Å². The van der Waals surface area contributed by atoms with Crippen LogP contribution in [0.1, 0.15) is 41.6 Å². The van der Waals surface area contributed by atoms with Crippen molar-refractivity contribution in [2.24, 2.45) is 5.92 Å². The van der Waals surface area contributed by atoms with Crippen molar-refractivity contribution in [2.45, 2.75) is 38.4 Å². The Balaban J connectivity index is 1.88. The van der Waals surface area contributed by atoms with E-state index in [0.29, 0.717) is 12.8 Å². The Morgan fingerprint density at radius 1 is 1.32 bits per heavy atom. The summed E-state index contributed by atoms with van der Waals surface area (Å²) in [5.41, 5.74) is -0.489. The minimum Gasteiger partial charge on any atom is -0.461 e. The third-order valence-electron chi connectivity index (χ3n) is 4.14. The van der Waals surface area contributed by atoms with Gasteiger partial charge in [-0.25, -0.2) is 23.5 Å². The maximum atomic E-state index is 13.5. The highest BCUT2D eigenvalue weighted by molar-refractivity contribution is 7.16. The first-order valence-electron chi connectivity index (χ1n) is 8.45. The molecule has 2 aromatic heterocycles. The van der Waals surface area contributed by atoms with E-state index in [9.17, 15) is 26.7 Å². The number of alkyl halides is 5. The molecule has 1 N–H and O–H groups in total. The van der Waals surface area contributed by atoms with Gasteiger partial charge in [0.15, 0.2) is 0 Å². The molecule has 5 nitrogen and oxygen atoms in total. The second-order valence-electron chi connectivity index (χ2n) is 6.21. The zero-order valence-electron chi connectivity index (χ0n) is 14.6. The van der Waals surface area contributed by atoms with Gasteiger partial charge in [0.25, 0.3) is 6.43 Å². The molecule has 2 heterocycles. The summed E-state index contributed by atoms with van der Waals surface area (Å²) in [6.45, 7) is 1.76. The molecule has 0 spiro atoms. The summed E-state index contributed by atoms with van der Waals surface area (Å²) in [6, 6.07) is -0.916. The number of esters is 1. The zero-order chi connectivity index (χ0) is 20.5. The van der Waals surface area contributed by atoms with Gasteiger partial charge in [0.1, 0.15) is 11.9 Å². The quantitative estimate of drug-likeness (QED) is 0.499. The van der Waals surface area contributed by atoms with E-state index in [0.717, 1.165) is 23.6 Å². The molecule has 0 amide bonds. The molecule has 1 aliphatic rings. The normalized spacial score (nSPS) is 15.5. The number of carbonyl (C=O) groups excluding carboxylic acids is 1. The van der Waals surface area contributed by atoms with Crippen molar-refractivity contribution in [3.63, 3.8) is 0 Å². The summed E-state index contributed by atoms with van der Waals surface area (Å²) in [5, 5.41) is 2.23. The fourth-order valence-electron chi connectivity index (χ4n) is 2.68. The van der Waals surface area contributed by atoms with E-state index in [1.807, 2.05) is 0 Å². The molecule has 11 heteroatoms. The molecule has 0 radical (unpaired) electrons. The van der Waals surface area contributed by atoms with Crippen molar-refractivity contribution in [3.8, 4) is 10.4 Å². The van der Waals surface area contributed by atoms with Crippen LogP contribution in [0.3, 0.4) is 0 Å². The highest BCUT2D eigenvalue weighted by Crippen LogP contribution is 2.42. The maximum Gasteiger partial charge on any atom is 0.408 e. The van der Waals surface area contributed by atoms with Crippen molar-refractivity contribution in [3.05, 3.63) is 29.0 Å². The number of nitrogens with zero attached hydrogens (tertiary/aromatic N) is 2. The number of ether oxygens (including phenoxy) is 1. The van der Waals surface area contributed by atoms with Gasteiger partial charge in [-0.3, -0.25) is 0 Å². The van der Waals surface area contributed by atoms with Crippen LogP contribution in [0.5, 0.6) is 0 Å². The molecule has 1 aliphatic carbocycles. The summed E-state index contributed by atoms with van der Waals surface area (Å²) in [4.78, 5) is 19.7. The van der Waals surface area contributed by atoms with E-state index in [1.165, 1.54) is 6.20 Å². The van der Waals surface area contributed by atoms with Gasteiger partial charge in [0.05, 0.1) is 11.5 Å². The third kappa shape index (κ3) is 4.57. The van der Waals surface area contributed by atoms with Gasteiger partial charge in [-0.2, -0.15) is 13.2 Å². The Bertz CT molecular complexity index is 852. The predicted molar refractivity (Wildman–Crippen MR) is 92.4 cm³/mol. The Morgan fingerprint density at radius 3 is 2.61 bits per heavy atom. The minimum atomic E-state index is -4.50. The molecule has 0 aliphatic heterocycles. The standard InChI is InChI=1S/C17H16F5N3O2S/c1-2-27-16(26)15-24-7-11(28-15)10-6-23-12(5-9(10)14(18)19)25-13(8-3-4-8)17(20,21)22/h5-8,13-14H,2-4H2,1H3,(H,23,25)/t13-/m0/s1. The molecule has 0 saturated heterocycles. The number of aromatic nitrogens is 2. The highest BCUT2D eigenvalue weighted by atomic mass is 32.1. The summed E-state index contributed by atoms with van der Waals surface area (Å²) < 4.78 is 71.3. The van der Waals surface area contributed by atoms with Crippen molar-refractivity contribution in [1.82, 2.24) is 9.97 Å². The molecule has 152 valence electrons. The Labute approximate surface area is 160 Å². The topological polar surface area (TPSA) is 64.1 Å². The van der Waals surface area contributed by atoms with Crippen LogP contribution in [0, 0.1) is 5.92 Å². The monoisotopic (exact) mass is 421 g/mol. The van der Waals surface area contributed by atoms with E-state index in [4.69, 9.17) is 4.74 Å². The number of hydrogen-bond donors (Lipinski definition) is 1. The van der Waals surface area contributed by atoms with Gasteiger partial charge in [0.2, 0.25) is 5.01 Å². The van der Waals surface area contributed by atoms with Crippen LogP contribution in [-0.2, 0) is 4.74 Å². The number of hydrogen-bond acceptors (Lipinski definition) is 6. The van der Waals surface area contributed by atoms with Crippen molar-refractivity contribution >= 4 is 23.1 Å². The molecule has 1 fully saturated rings. The predicted octanol–water partition coefficient (Wildman–Crippen LogP) is 5.07. The Morgan fingerprint density at radius 2 is 2.04 bits per heavy atom. The molecule has 28 heavy (non-hydrogen) atoms. The fourth-order valence-corrected chi connectivity index (χ4v) is 3.52. The molecule has 1 saturated carbocycles. The smallest absolute Gasteiger partial charge is 0.408 e. The second-order valence-corrected chi connectivity index (χ2v) is 7.24. The van der Waals surface area contributed by atoms with Crippen LogP contribution < -0.4 is 5.32 Å². The van der Waals surface area contributed by atoms with Gasteiger partial charge in [0, 0.05) is 23.5 Å². The van der Waals surface area contributed by atoms with Crippen LogP contribution in [0.4, 0.5) is 27.8 Å². The summed E-state index contributed by atoms with van der Waals surface area (Å²) in [7, 11) is 0. The number of halogens is 5.